The summed E-state index contributed by atoms with van der Waals surface area (Å²) in [5, 5.41) is 6.62. The van der Waals surface area contributed by atoms with Crippen LogP contribution in [0.5, 0.6) is 0 Å². The van der Waals surface area contributed by atoms with Crippen LogP contribution >= 0.6 is 11.3 Å². The third-order valence-electron chi connectivity index (χ3n) is 6.30. The third-order valence-corrected chi connectivity index (χ3v) is 7.40. The average molecular weight is 497 g/mol. The van der Waals surface area contributed by atoms with E-state index in [-0.39, 0.29) is 29.8 Å². The van der Waals surface area contributed by atoms with Crippen LogP contribution in [0, 0.1) is 12.8 Å². The Hall–Kier alpha value is -3.27. The second-order valence-electron chi connectivity index (χ2n) is 8.91. The Bertz CT molecular complexity index is 1280. The van der Waals surface area contributed by atoms with Gasteiger partial charge in [-0.2, -0.15) is 4.98 Å². The first-order valence-corrected chi connectivity index (χ1v) is 13.0. The average Bonchev–Trinajstić information content (AvgIpc) is 3.31. The van der Waals surface area contributed by atoms with Crippen LogP contribution in [0.1, 0.15) is 44.2 Å². The zero-order chi connectivity index (χ0) is 24.9. The van der Waals surface area contributed by atoms with Crippen LogP contribution < -0.4 is 21.1 Å². The first kappa shape index (κ1) is 24.8. The van der Waals surface area contributed by atoms with E-state index in [1.54, 1.807) is 0 Å². The molecule has 9 nitrogen and oxygen atoms in total. The molecular weight excluding hydrogens is 464 g/mol. The van der Waals surface area contributed by atoms with Crippen molar-refractivity contribution in [2.75, 3.05) is 29.9 Å². The first-order chi connectivity index (χ1) is 16.9. The molecule has 0 spiro atoms. The topological polar surface area (TPSA) is 109 Å². The molecule has 2 aromatic heterocycles. The number of hydrogen-bond donors (Lipinski definition) is 2. The first-order valence-electron chi connectivity index (χ1n) is 12.2. The molecule has 1 aromatic carbocycles. The maximum Gasteiger partial charge on any atom is 0.273 e. The van der Waals surface area contributed by atoms with Crippen molar-refractivity contribution in [3.05, 3.63) is 46.0 Å². The number of aromatic nitrogens is 3. The molecule has 35 heavy (non-hydrogen) atoms. The lowest BCUT2D eigenvalue weighted by molar-refractivity contribution is -0.125. The van der Waals surface area contributed by atoms with E-state index in [2.05, 4.69) is 25.5 Å². The Kier molecular flexibility index (Phi) is 7.80. The summed E-state index contributed by atoms with van der Waals surface area (Å²) < 4.78 is 1.73. The van der Waals surface area contributed by atoms with Gasteiger partial charge >= 0.3 is 0 Å². The van der Waals surface area contributed by atoms with Gasteiger partial charge in [-0.3, -0.25) is 19.0 Å². The molecule has 3 aromatic rings. The molecule has 1 fully saturated rings. The van der Waals surface area contributed by atoms with Crippen molar-refractivity contribution < 1.29 is 9.59 Å². The number of carbonyl (C=O) groups is 2. The van der Waals surface area contributed by atoms with Crippen LogP contribution in [0.2, 0.25) is 0 Å². The number of anilines is 2. The standard InChI is InChI=1S/C25H32N6O3S/c1-4-11-26-23(33)18-10-7-12-30(13-18)25-29-22-21(35-25)24(34)31(15-27-22)14-19(32)28-20-16(3)8-6-9-17(20)5-2/h6,8-9,15,18H,4-5,7,10-14H2,1-3H3,(H,26,33)(H,28,32)/t18-/m1/s1. The molecule has 0 bridgehead atoms. The monoisotopic (exact) mass is 496 g/mol. The number of piperidine rings is 1. The number of rotatable bonds is 8. The number of fused-ring (bicyclic) bond motifs is 1. The van der Waals surface area contributed by atoms with Crippen molar-refractivity contribution in [1.82, 2.24) is 19.9 Å². The molecular formula is C25H32N6O3S. The Labute approximate surface area is 208 Å². The second-order valence-corrected chi connectivity index (χ2v) is 9.89. The maximum absolute atomic E-state index is 13.1. The highest BCUT2D eigenvalue weighted by Crippen LogP contribution is 2.29. The van der Waals surface area contributed by atoms with Crippen molar-refractivity contribution >= 4 is 44.3 Å². The highest BCUT2D eigenvalue weighted by molar-refractivity contribution is 7.22. The summed E-state index contributed by atoms with van der Waals surface area (Å²) in [4.78, 5) is 49.3. The predicted molar refractivity (Wildman–Crippen MR) is 139 cm³/mol. The highest BCUT2D eigenvalue weighted by Gasteiger charge is 2.28. The van der Waals surface area contributed by atoms with E-state index in [0.29, 0.717) is 28.6 Å². The van der Waals surface area contributed by atoms with Gasteiger partial charge in [0.1, 0.15) is 17.6 Å². The van der Waals surface area contributed by atoms with Gasteiger partial charge in [-0.15, -0.1) is 0 Å². The molecule has 0 radical (unpaired) electrons. The van der Waals surface area contributed by atoms with Crippen molar-refractivity contribution in [2.45, 2.75) is 53.0 Å². The Balaban J connectivity index is 1.50. The molecule has 4 rings (SSSR count). The molecule has 0 unspecified atom stereocenters. The number of nitrogens with one attached hydrogen (secondary N) is 2. The predicted octanol–water partition coefficient (Wildman–Crippen LogP) is 3.11. The van der Waals surface area contributed by atoms with Crippen LogP contribution in [0.3, 0.4) is 0 Å². The number of carbonyl (C=O) groups excluding carboxylic acids is 2. The van der Waals surface area contributed by atoms with Crippen molar-refractivity contribution in [3.63, 3.8) is 0 Å². The molecule has 1 saturated heterocycles. The number of aryl methyl sites for hydroxylation is 2. The van der Waals surface area contributed by atoms with E-state index in [4.69, 9.17) is 0 Å². The van der Waals surface area contributed by atoms with Crippen molar-refractivity contribution in [1.29, 1.82) is 0 Å². The summed E-state index contributed by atoms with van der Waals surface area (Å²) in [5.74, 6) is -0.298. The zero-order valence-electron chi connectivity index (χ0n) is 20.5. The van der Waals surface area contributed by atoms with Gasteiger partial charge < -0.3 is 15.5 Å². The number of benzene rings is 1. The highest BCUT2D eigenvalue weighted by atomic mass is 32.1. The lowest BCUT2D eigenvalue weighted by Crippen LogP contribution is -2.43. The molecule has 1 aliphatic heterocycles. The summed E-state index contributed by atoms with van der Waals surface area (Å²) in [6.07, 6.45) is 4.81. The lowest BCUT2D eigenvalue weighted by Gasteiger charge is -2.31. The van der Waals surface area contributed by atoms with Crippen LogP contribution in [-0.2, 0) is 22.6 Å². The molecule has 1 atom stereocenters. The summed E-state index contributed by atoms with van der Waals surface area (Å²) >= 11 is 1.27. The quantitative estimate of drug-likeness (QED) is 0.496. The molecule has 2 amide bonds. The van der Waals surface area contributed by atoms with E-state index in [1.807, 2.05) is 39.0 Å². The molecule has 3 heterocycles. The smallest absolute Gasteiger partial charge is 0.273 e. The Morgan fingerprint density at radius 1 is 1.26 bits per heavy atom. The summed E-state index contributed by atoms with van der Waals surface area (Å²) in [6.45, 7) is 7.92. The summed E-state index contributed by atoms with van der Waals surface area (Å²) in [7, 11) is 0. The molecule has 0 saturated carbocycles. The fourth-order valence-electron chi connectivity index (χ4n) is 4.38. The molecule has 186 valence electrons. The van der Waals surface area contributed by atoms with E-state index < -0.39 is 0 Å². The van der Waals surface area contributed by atoms with Gasteiger partial charge in [-0.05, 0) is 43.7 Å². The normalized spacial score (nSPS) is 15.9. The number of hydrogen-bond acceptors (Lipinski definition) is 7. The Morgan fingerprint density at radius 2 is 2.09 bits per heavy atom. The third kappa shape index (κ3) is 5.53. The van der Waals surface area contributed by atoms with Gasteiger partial charge in [0.05, 0.1) is 5.92 Å². The minimum absolute atomic E-state index is 0.0732. The van der Waals surface area contributed by atoms with Crippen LogP contribution in [-0.4, -0.2) is 46.0 Å². The van der Waals surface area contributed by atoms with E-state index in [0.717, 1.165) is 49.0 Å². The van der Waals surface area contributed by atoms with Crippen molar-refractivity contribution in [3.8, 4) is 0 Å². The zero-order valence-corrected chi connectivity index (χ0v) is 21.3. The Morgan fingerprint density at radius 3 is 2.86 bits per heavy atom. The largest absolute Gasteiger partial charge is 0.356 e. The van der Waals surface area contributed by atoms with E-state index >= 15 is 0 Å². The van der Waals surface area contributed by atoms with Crippen LogP contribution in [0.15, 0.2) is 29.3 Å². The van der Waals surface area contributed by atoms with Gasteiger partial charge in [-0.25, -0.2) is 4.98 Å². The number of para-hydroxylation sites is 1. The second kappa shape index (κ2) is 11.0. The molecule has 1 aliphatic rings. The van der Waals surface area contributed by atoms with Crippen LogP contribution in [0.4, 0.5) is 10.8 Å². The van der Waals surface area contributed by atoms with Crippen molar-refractivity contribution in [2.24, 2.45) is 5.92 Å². The number of nitrogens with zero attached hydrogens (tertiary/aromatic N) is 4. The van der Waals surface area contributed by atoms with Crippen LogP contribution in [0.25, 0.3) is 10.3 Å². The minimum Gasteiger partial charge on any atom is -0.356 e. The van der Waals surface area contributed by atoms with Gasteiger partial charge in [-0.1, -0.05) is 43.4 Å². The summed E-state index contributed by atoms with van der Waals surface area (Å²) in [6, 6.07) is 5.90. The van der Waals surface area contributed by atoms with Gasteiger partial charge in [0.2, 0.25) is 11.8 Å². The minimum atomic E-state index is -0.288. The fraction of sp³-hybridized carbons (Fsp3) is 0.480. The van der Waals surface area contributed by atoms with E-state index in [1.165, 1.54) is 22.2 Å². The molecule has 10 heteroatoms. The van der Waals surface area contributed by atoms with E-state index in [9.17, 15) is 14.4 Å². The lowest BCUT2D eigenvalue weighted by atomic mass is 9.97. The SMILES string of the molecule is CCCNC(=O)[C@@H]1CCCN(c2nc3ncn(CC(=O)Nc4c(C)cccc4CC)c(=O)c3s2)C1. The van der Waals surface area contributed by atoms with Gasteiger partial charge in [0.15, 0.2) is 10.8 Å². The molecule has 2 N–H and O–H groups in total. The summed E-state index contributed by atoms with van der Waals surface area (Å²) in [5.41, 5.74) is 2.91. The van der Waals surface area contributed by atoms with Gasteiger partial charge in [0.25, 0.3) is 5.56 Å². The maximum atomic E-state index is 13.1. The number of amides is 2. The molecule has 0 aliphatic carbocycles. The number of thiazole rings is 1. The van der Waals surface area contributed by atoms with Gasteiger partial charge in [0, 0.05) is 25.3 Å². The fourth-order valence-corrected chi connectivity index (χ4v) is 5.38.